The van der Waals surface area contributed by atoms with Crippen LogP contribution in [0.15, 0.2) is 4.99 Å². The molecule has 102 valence electrons. The summed E-state index contributed by atoms with van der Waals surface area (Å²) in [6, 6.07) is 1.31. The van der Waals surface area contributed by atoms with Gasteiger partial charge in [-0.3, -0.25) is 4.99 Å². The summed E-state index contributed by atoms with van der Waals surface area (Å²) in [6.07, 6.45) is 11.0. The minimum atomic E-state index is 0.621. The van der Waals surface area contributed by atoms with E-state index >= 15 is 0 Å². The molecule has 2 fully saturated rings. The van der Waals surface area contributed by atoms with E-state index in [1.807, 2.05) is 0 Å². The van der Waals surface area contributed by atoms with Crippen molar-refractivity contribution in [1.29, 1.82) is 0 Å². The fraction of sp³-hybridized carbons (Fsp3) is 0.933. The molecule has 18 heavy (non-hydrogen) atoms. The van der Waals surface area contributed by atoms with Crippen LogP contribution in [0.4, 0.5) is 0 Å². The molecule has 0 saturated heterocycles. The second-order valence-electron chi connectivity index (χ2n) is 6.64. The molecule has 3 heteroatoms. The van der Waals surface area contributed by atoms with E-state index in [0.29, 0.717) is 12.1 Å². The average Bonchev–Trinajstić information content (AvgIpc) is 2.97. The monoisotopic (exact) mass is 249 g/mol. The standard InChI is InChI=1S/C15H27N3/c1-11-5-4-6-12(9-11)14-10-17-15(16)18(14)13-7-2-3-8-13/h11-14H,2-10H2,1H3,(H2,16,17). The van der Waals surface area contributed by atoms with Gasteiger partial charge in [0.25, 0.3) is 0 Å². The Morgan fingerprint density at radius 1 is 1.11 bits per heavy atom. The molecular weight excluding hydrogens is 222 g/mol. The Morgan fingerprint density at radius 3 is 2.61 bits per heavy atom. The molecule has 1 heterocycles. The van der Waals surface area contributed by atoms with Crippen LogP contribution < -0.4 is 5.73 Å². The molecule has 2 aliphatic carbocycles. The van der Waals surface area contributed by atoms with Crippen molar-refractivity contribution in [1.82, 2.24) is 4.90 Å². The number of guanidine groups is 1. The van der Waals surface area contributed by atoms with E-state index in [4.69, 9.17) is 5.73 Å². The molecule has 0 aromatic heterocycles. The lowest BCUT2D eigenvalue weighted by molar-refractivity contribution is 0.145. The molecule has 0 bridgehead atoms. The van der Waals surface area contributed by atoms with E-state index in [9.17, 15) is 0 Å². The van der Waals surface area contributed by atoms with Gasteiger partial charge in [-0.15, -0.1) is 0 Å². The molecule has 3 unspecified atom stereocenters. The maximum absolute atomic E-state index is 6.17. The van der Waals surface area contributed by atoms with Crippen LogP contribution in [0.5, 0.6) is 0 Å². The zero-order valence-corrected chi connectivity index (χ0v) is 11.6. The van der Waals surface area contributed by atoms with Crippen molar-refractivity contribution < 1.29 is 0 Å². The van der Waals surface area contributed by atoms with Crippen LogP contribution in [-0.4, -0.2) is 29.5 Å². The third kappa shape index (κ3) is 2.24. The van der Waals surface area contributed by atoms with Gasteiger partial charge >= 0.3 is 0 Å². The number of rotatable bonds is 2. The molecule has 3 atom stereocenters. The van der Waals surface area contributed by atoms with Crippen molar-refractivity contribution in [3.63, 3.8) is 0 Å². The summed E-state index contributed by atoms with van der Waals surface area (Å²) in [7, 11) is 0. The maximum Gasteiger partial charge on any atom is 0.191 e. The van der Waals surface area contributed by atoms with E-state index in [-0.39, 0.29) is 0 Å². The summed E-state index contributed by atoms with van der Waals surface area (Å²) in [5.41, 5.74) is 6.17. The normalized spacial score (nSPS) is 38.2. The van der Waals surface area contributed by atoms with Crippen LogP contribution in [0, 0.1) is 11.8 Å². The largest absolute Gasteiger partial charge is 0.370 e. The first-order chi connectivity index (χ1) is 8.75. The first kappa shape index (κ1) is 12.3. The van der Waals surface area contributed by atoms with Gasteiger partial charge in [0, 0.05) is 6.04 Å². The van der Waals surface area contributed by atoms with Gasteiger partial charge < -0.3 is 10.6 Å². The summed E-state index contributed by atoms with van der Waals surface area (Å²) in [6.45, 7) is 3.37. The molecular formula is C15H27N3. The van der Waals surface area contributed by atoms with Gasteiger partial charge in [-0.05, 0) is 37.5 Å². The minimum absolute atomic E-state index is 0.621. The number of hydrogen-bond acceptors (Lipinski definition) is 3. The van der Waals surface area contributed by atoms with E-state index in [1.165, 1.54) is 51.4 Å². The first-order valence-electron chi connectivity index (χ1n) is 7.84. The van der Waals surface area contributed by atoms with Gasteiger partial charge in [-0.1, -0.05) is 32.6 Å². The van der Waals surface area contributed by atoms with Crippen LogP contribution >= 0.6 is 0 Å². The molecule has 3 nitrogen and oxygen atoms in total. The summed E-state index contributed by atoms with van der Waals surface area (Å²) in [4.78, 5) is 7.07. The summed E-state index contributed by atoms with van der Waals surface area (Å²) < 4.78 is 0. The zero-order valence-electron chi connectivity index (χ0n) is 11.6. The van der Waals surface area contributed by atoms with Crippen LogP contribution in [0.2, 0.25) is 0 Å². The van der Waals surface area contributed by atoms with Gasteiger partial charge in [0.2, 0.25) is 0 Å². The summed E-state index contributed by atoms with van der Waals surface area (Å²) in [5.74, 6) is 2.57. The topological polar surface area (TPSA) is 41.6 Å². The van der Waals surface area contributed by atoms with E-state index in [2.05, 4.69) is 16.8 Å². The second-order valence-corrected chi connectivity index (χ2v) is 6.64. The zero-order chi connectivity index (χ0) is 12.5. The molecule has 2 N–H and O–H groups in total. The predicted molar refractivity (Wildman–Crippen MR) is 75.5 cm³/mol. The van der Waals surface area contributed by atoms with Crippen LogP contribution in [-0.2, 0) is 0 Å². The van der Waals surface area contributed by atoms with Gasteiger partial charge in [-0.2, -0.15) is 0 Å². The number of nitrogens with two attached hydrogens (primary N) is 1. The minimum Gasteiger partial charge on any atom is -0.370 e. The second kappa shape index (κ2) is 5.10. The highest BCUT2D eigenvalue weighted by Crippen LogP contribution is 2.37. The molecule has 1 aliphatic heterocycles. The Balaban J connectivity index is 1.70. The average molecular weight is 249 g/mol. The smallest absolute Gasteiger partial charge is 0.191 e. The molecule has 3 aliphatic rings. The van der Waals surface area contributed by atoms with Crippen molar-refractivity contribution in [3.8, 4) is 0 Å². The fourth-order valence-electron chi connectivity index (χ4n) is 4.37. The first-order valence-corrected chi connectivity index (χ1v) is 7.84. The Labute approximate surface area is 111 Å². The highest BCUT2D eigenvalue weighted by atomic mass is 15.3. The lowest BCUT2D eigenvalue weighted by Gasteiger charge is -2.39. The van der Waals surface area contributed by atoms with Crippen LogP contribution in [0.3, 0.4) is 0 Å². The summed E-state index contributed by atoms with van der Waals surface area (Å²) in [5, 5.41) is 0. The number of nitrogens with zero attached hydrogens (tertiary/aromatic N) is 2. The number of aliphatic imine (C=N–C) groups is 1. The van der Waals surface area contributed by atoms with Gasteiger partial charge in [-0.25, -0.2) is 0 Å². The maximum atomic E-state index is 6.17. The Bertz CT molecular complexity index is 320. The molecule has 0 amide bonds. The quantitative estimate of drug-likeness (QED) is 0.817. The molecule has 0 aromatic carbocycles. The van der Waals surface area contributed by atoms with Crippen LogP contribution in [0.1, 0.15) is 58.3 Å². The van der Waals surface area contributed by atoms with Crippen molar-refractivity contribution in [3.05, 3.63) is 0 Å². The van der Waals surface area contributed by atoms with Crippen molar-refractivity contribution in [2.45, 2.75) is 70.4 Å². The molecule has 0 aromatic rings. The molecule has 0 radical (unpaired) electrons. The van der Waals surface area contributed by atoms with E-state index in [0.717, 1.165) is 24.3 Å². The lowest BCUT2D eigenvalue weighted by Crippen LogP contribution is -2.50. The van der Waals surface area contributed by atoms with Gasteiger partial charge in [0.1, 0.15) is 0 Å². The fourth-order valence-corrected chi connectivity index (χ4v) is 4.37. The van der Waals surface area contributed by atoms with Crippen LogP contribution in [0.25, 0.3) is 0 Å². The molecule has 0 spiro atoms. The SMILES string of the molecule is CC1CCCC(C2CN=C(N)N2C2CCCC2)C1. The third-order valence-electron chi connectivity index (χ3n) is 5.30. The third-order valence-corrected chi connectivity index (χ3v) is 5.30. The lowest BCUT2D eigenvalue weighted by atomic mass is 9.78. The van der Waals surface area contributed by atoms with Crippen molar-refractivity contribution >= 4 is 5.96 Å². The highest BCUT2D eigenvalue weighted by Gasteiger charge is 2.39. The Morgan fingerprint density at radius 2 is 1.89 bits per heavy atom. The van der Waals surface area contributed by atoms with E-state index in [1.54, 1.807) is 0 Å². The van der Waals surface area contributed by atoms with E-state index < -0.39 is 0 Å². The Kier molecular flexibility index (Phi) is 3.49. The summed E-state index contributed by atoms with van der Waals surface area (Å²) >= 11 is 0. The molecule has 3 rings (SSSR count). The van der Waals surface area contributed by atoms with Gasteiger partial charge in [0.15, 0.2) is 5.96 Å². The Hall–Kier alpha value is -0.730. The number of hydrogen-bond donors (Lipinski definition) is 1. The van der Waals surface area contributed by atoms with Crippen molar-refractivity contribution in [2.75, 3.05) is 6.54 Å². The van der Waals surface area contributed by atoms with Gasteiger partial charge in [0.05, 0.1) is 12.6 Å². The highest BCUT2D eigenvalue weighted by molar-refractivity contribution is 5.80. The predicted octanol–water partition coefficient (Wildman–Crippen LogP) is 2.75. The molecule has 2 saturated carbocycles. The van der Waals surface area contributed by atoms with Crippen molar-refractivity contribution in [2.24, 2.45) is 22.6 Å².